The van der Waals surface area contributed by atoms with Gasteiger partial charge in [-0.2, -0.15) is 0 Å². The first-order valence-corrected chi connectivity index (χ1v) is 10.3. The second-order valence-electron chi connectivity index (χ2n) is 8.06. The summed E-state index contributed by atoms with van der Waals surface area (Å²) in [5, 5.41) is 17.2. The fourth-order valence-corrected chi connectivity index (χ4v) is 3.69. The van der Waals surface area contributed by atoms with E-state index in [1.165, 1.54) is 6.42 Å². The maximum atomic E-state index is 12.4. The zero-order valence-corrected chi connectivity index (χ0v) is 18.0. The van der Waals surface area contributed by atoms with Crippen LogP contribution in [0.5, 0.6) is 0 Å². The number of carbonyl (C=O) groups is 1. The number of piperidine rings is 1. The molecule has 0 spiro atoms. The van der Waals surface area contributed by atoms with Gasteiger partial charge in [0.2, 0.25) is 5.91 Å². The molecule has 0 radical (unpaired) electrons. The number of furan rings is 1. The van der Waals surface area contributed by atoms with Crippen LogP contribution in [0.3, 0.4) is 0 Å². The number of amides is 1. The number of nitrogens with zero attached hydrogens (tertiary/aromatic N) is 2. The highest BCUT2D eigenvalue weighted by atomic mass is 16.3. The van der Waals surface area contributed by atoms with Gasteiger partial charge in [-0.05, 0) is 52.5 Å². The number of nitrogens with one attached hydrogen (secondary N) is 2. The molecule has 0 saturated carbocycles. The molecule has 2 unspecified atom stereocenters. The monoisotopic (exact) mass is 392 g/mol. The summed E-state index contributed by atoms with van der Waals surface area (Å²) in [7, 11) is 0. The van der Waals surface area contributed by atoms with E-state index in [0.717, 1.165) is 30.8 Å². The molecule has 2 atom stereocenters. The van der Waals surface area contributed by atoms with E-state index >= 15 is 0 Å². The molecule has 158 valence electrons. The van der Waals surface area contributed by atoms with Crippen molar-refractivity contribution in [2.24, 2.45) is 10.9 Å². The molecule has 7 heteroatoms. The van der Waals surface area contributed by atoms with Crippen LogP contribution in [-0.2, 0) is 10.4 Å². The molecular weight excluding hydrogens is 356 g/mol. The Balaban J connectivity index is 1.89. The molecule has 2 rings (SSSR count). The standard InChI is InChI=1S/C21H36N4O3/c1-6-22-20(23-10-9-19(26)25-11-7-8-15(2)13-25)24-14-21(5,27)18-12-16(3)28-17(18)4/h12,15,27H,6-11,13-14H2,1-5H3,(H2,22,23,24). The maximum Gasteiger partial charge on any atom is 0.224 e. The third-order valence-corrected chi connectivity index (χ3v) is 5.15. The summed E-state index contributed by atoms with van der Waals surface area (Å²) in [6.07, 6.45) is 2.73. The predicted molar refractivity (Wildman–Crippen MR) is 111 cm³/mol. The fraction of sp³-hybridized carbons (Fsp3) is 0.714. The first-order valence-electron chi connectivity index (χ1n) is 10.3. The normalized spacial score (nSPS) is 20.0. The van der Waals surface area contributed by atoms with Crippen molar-refractivity contribution in [3.05, 3.63) is 23.2 Å². The van der Waals surface area contributed by atoms with E-state index in [1.807, 2.05) is 31.7 Å². The molecule has 1 fully saturated rings. The van der Waals surface area contributed by atoms with E-state index in [-0.39, 0.29) is 12.5 Å². The Morgan fingerprint density at radius 2 is 2.18 bits per heavy atom. The van der Waals surface area contributed by atoms with Gasteiger partial charge >= 0.3 is 0 Å². The molecule has 2 heterocycles. The Morgan fingerprint density at radius 3 is 2.79 bits per heavy atom. The van der Waals surface area contributed by atoms with E-state index in [0.29, 0.717) is 37.1 Å². The lowest BCUT2D eigenvalue weighted by Gasteiger charge is -2.31. The van der Waals surface area contributed by atoms with Gasteiger partial charge in [-0.1, -0.05) is 6.92 Å². The summed E-state index contributed by atoms with van der Waals surface area (Å²) < 4.78 is 5.53. The van der Waals surface area contributed by atoms with Crippen LogP contribution in [-0.4, -0.2) is 54.6 Å². The average molecular weight is 393 g/mol. The van der Waals surface area contributed by atoms with Crippen molar-refractivity contribution in [1.82, 2.24) is 15.5 Å². The minimum Gasteiger partial charge on any atom is -0.466 e. The van der Waals surface area contributed by atoms with E-state index in [4.69, 9.17) is 4.42 Å². The lowest BCUT2D eigenvalue weighted by Crippen LogP contribution is -2.43. The van der Waals surface area contributed by atoms with Crippen LogP contribution in [0, 0.1) is 19.8 Å². The summed E-state index contributed by atoms with van der Waals surface area (Å²) in [4.78, 5) is 18.9. The Kier molecular flexibility index (Phi) is 7.92. The molecule has 1 aromatic heterocycles. The molecule has 1 saturated heterocycles. The van der Waals surface area contributed by atoms with Crippen molar-refractivity contribution in [1.29, 1.82) is 0 Å². The first-order chi connectivity index (χ1) is 13.2. The summed E-state index contributed by atoms with van der Waals surface area (Å²) in [5.74, 6) is 2.85. The third kappa shape index (κ3) is 6.26. The average Bonchev–Trinajstić information content (AvgIpc) is 2.98. The molecule has 3 N–H and O–H groups in total. The second-order valence-corrected chi connectivity index (χ2v) is 8.06. The molecule has 1 aromatic rings. The number of aliphatic hydroxyl groups is 1. The highest BCUT2D eigenvalue weighted by molar-refractivity contribution is 5.81. The number of hydrogen-bond acceptors (Lipinski definition) is 4. The van der Waals surface area contributed by atoms with Crippen LogP contribution in [0.15, 0.2) is 15.5 Å². The predicted octanol–water partition coefficient (Wildman–Crippen LogP) is 2.31. The molecule has 0 aromatic carbocycles. The lowest BCUT2D eigenvalue weighted by molar-refractivity contribution is -0.132. The Bertz CT molecular complexity index is 681. The number of aryl methyl sites for hydroxylation is 2. The highest BCUT2D eigenvalue weighted by Gasteiger charge is 2.27. The van der Waals surface area contributed by atoms with Crippen molar-refractivity contribution in [3.8, 4) is 0 Å². The zero-order chi connectivity index (χ0) is 20.7. The van der Waals surface area contributed by atoms with Gasteiger partial charge in [0.05, 0.1) is 6.54 Å². The van der Waals surface area contributed by atoms with Crippen LogP contribution in [0.25, 0.3) is 0 Å². The number of guanidine groups is 1. The highest BCUT2D eigenvalue weighted by Crippen LogP contribution is 2.27. The van der Waals surface area contributed by atoms with Gasteiger partial charge in [-0.15, -0.1) is 0 Å². The van der Waals surface area contributed by atoms with E-state index in [2.05, 4.69) is 22.5 Å². The van der Waals surface area contributed by atoms with Crippen molar-refractivity contribution in [2.45, 2.75) is 59.5 Å². The summed E-state index contributed by atoms with van der Waals surface area (Å²) in [5.41, 5.74) is -0.372. The Labute approximate surface area is 168 Å². The number of aliphatic imine (C=N–C) groups is 1. The second kappa shape index (κ2) is 9.96. The summed E-state index contributed by atoms with van der Waals surface area (Å²) in [6, 6.07) is 1.85. The molecule has 0 aliphatic carbocycles. The zero-order valence-electron chi connectivity index (χ0n) is 18.0. The van der Waals surface area contributed by atoms with Gasteiger partial charge in [0.15, 0.2) is 5.96 Å². The van der Waals surface area contributed by atoms with Crippen molar-refractivity contribution < 1.29 is 14.3 Å². The molecule has 1 amide bonds. The quantitative estimate of drug-likeness (QED) is 0.489. The van der Waals surface area contributed by atoms with Gasteiger partial charge in [-0.3, -0.25) is 4.79 Å². The summed E-state index contributed by atoms with van der Waals surface area (Å²) >= 11 is 0. The number of hydrogen-bond donors (Lipinski definition) is 3. The lowest BCUT2D eigenvalue weighted by atomic mass is 9.96. The smallest absolute Gasteiger partial charge is 0.224 e. The first kappa shape index (κ1) is 22.3. The molecular formula is C21H36N4O3. The minimum atomic E-state index is -1.12. The maximum absolute atomic E-state index is 12.4. The van der Waals surface area contributed by atoms with Crippen molar-refractivity contribution in [2.75, 3.05) is 32.7 Å². The van der Waals surface area contributed by atoms with Gasteiger partial charge in [-0.25, -0.2) is 4.99 Å². The molecule has 0 bridgehead atoms. The fourth-order valence-electron chi connectivity index (χ4n) is 3.69. The van der Waals surface area contributed by atoms with Crippen molar-refractivity contribution >= 4 is 11.9 Å². The van der Waals surface area contributed by atoms with Crippen LogP contribution in [0.1, 0.15) is 57.1 Å². The SMILES string of the molecule is CCNC(=NCC(C)(O)c1cc(C)oc1C)NCCC(=O)N1CCCC(C)C1. The number of carbonyl (C=O) groups excluding carboxylic acids is 1. The van der Waals surface area contributed by atoms with Gasteiger partial charge in [0, 0.05) is 38.2 Å². The minimum absolute atomic E-state index is 0.186. The van der Waals surface area contributed by atoms with Crippen LogP contribution >= 0.6 is 0 Å². The molecule has 1 aliphatic heterocycles. The topological polar surface area (TPSA) is 90.1 Å². The molecule has 7 nitrogen and oxygen atoms in total. The number of likely N-dealkylation sites (tertiary alicyclic amines) is 1. The third-order valence-electron chi connectivity index (χ3n) is 5.15. The number of rotatable bonds is 7. The van der Waals surface area contributed by atoms with Gasteiger partial charge in [0.1, 0.15) is 17.1 Å². The Hall–Kier alpha value is -2.02. The van der Waals surface area contributed by atoms with Crippen LogP contribution in [0.2, 0.25) is 0 Å². The summed E-state index contributed by atoms with van der Waals surface area (Å²) in [6.45, 7) is 12.8. The van der Waals surface area contributed by atoms with E-state index < -0.39 is 5.60 Å². The van der Waals surface area contributed by atoms with E-state index in [1.54, 1.807) is 6.92 Å². The van der Waals surface area contributed by atoms with Gasteiger partial charge < -0.3 is 25.1 Å². The van der Waals surface area contributed by atoms with E-state index in [9.17, 15) is 9.90 Å². The van der Waals surface area contributed by atoms with Crippen LogP contribution in [0.4, 0.5) is 0 Å². The molecule has 1 aliphatic rings. The van der Waals surface area contributed by atoms with Crippen LogP contribution < -0.4 is 10.6 Å². The Morgan fingerprint density at radius 1 is 1.43 bits per heavy atom. The van der Waals surface area contributed by atoms with Gasteiger partial charge in [0.25, 0.3) is 0 Å². The van der Waals surface area contributed by atoms with Crippen molar-refractivity contribution in [3.63, 3.8) is 0 Å². The molecule has 28 heavy (non-hydrogen) atoms. The largest absolute Gasteiger partial charge is 0.466 e.